The quantitative estimate of drug-likeness (QED) is 0.711. The summed E-state index contributed by atoms with van der Waals surface area (Å²) in [5.74, 6) is 0.709. The van der Waals surface area contributed by atoms with E-state index < -0.39 is 0 Å². The first-order chi connectivity index (χ1) is 12.1. The molecule has 6 heteroatoms. The zero-order valence-electron chi connectivity index (χ0n) is 14.8. The van der Waals surface area contributed by atoms with Crippen molar-refractivity contribution in [2.24, 2.45) is 0 Å². The summed E-state index contributed by atoms with van der Waals surface area (Å²) in [5, 5.41) is 15.3. The van der Waals surface area contributed by atoms with E-state index in [1.807, 2.05) is 48.5 Å². The minimum Gasteiger partial charge on any atom is -0.423 e. The van der Waals surface area contributed by atoms with Crippen LogP contribution >= 0.6 is 0 Å². The van der Waals surface area contributed by atoms with Gasteiger partial charge in [0.2, 0.25) is 0 Å². The van der Waals surface area contributed by atoms with Gasteiger partial charge in [-0.25, -0.2) is 0 Å². The van der Waals surface area contributed by atoms with Crippen molar-refractivity contribution in [1.82, 2.24) is 25.5 Å². The molecule has 0 saturated heterocycles. The van der Waals surface area contributed by atoms with Gasteiger partial charge in [0.25, 0.3) is 0 Å². The molecule has 25 heavy (non-hydrogen) atoms. The molecule has 2 aromatic carbocycles. The van der Waals surface area contributed by atoms with Crippen LogP contribution in [0.1, 0.15) is 32.8 Å². The van der Waals surface area contributed by atoms with Crippen molar-refractivity contribution in [3.05, 3.63) is 60.2 Å². The maximum absolute atomic E-state index is 5.90. The van der Waals surface area contributed by atoms with Crippen molar-refractivity contribution >= 4 is 0 Å². The van der Waals surface area contributed by atoms with Crippen LogP contribution in [0.2, 0.25) is 0 Å². The molecule has 1 N–H and O–H groups in total. The number of tetrazole rings is 1. The lowest BCUT2D eigenvalue weighted by Gasteiger charge is -2.24. The molecular weight excluding hydrogens is 314 g/mol. The summed E-state index contributed by atoms with van der Waals surface area (Å²) < 4.78 is 7.48. The van der Waals surface area contributed by atoms with Crippen LogP contribution in [0, 0.1) is 0 Å². The summed E-state index contributed by atoms with van der Waals surface area (Å²) in [7, 11) is 0. The minimum absolute atomic E-state index is 0.105. The van der Waals surface area contributed by atoms with Gasteiger partial charge in [0.15, 0.2) is 0 Å². The lowest BCUT2D eigenvalue weighted by atomic mass is 10.0. The number of rotatable bonds is 7. The molecule has 0 unspecified atom stereocenters. The van der Waals surface area contributed by atoms with E-state index in [1.165, 1.54) is 0 Å². The molecule has 0 radical (unpaired) electrons. The molecule has 3 aromatic rings. The van der Waals surface area contributed by atoms with Gasteiger partial charge in [0.1, 0.15) is 5.75 Å². The molecule has 1 heterocycles. The van der Waals surface area contributed by atoms with Crippen molar-refractivity contribution < 1.29 is 4.74 Å². The van der Waals surface area contributed by atoms with Gasteiger partial charge in [-0.1, -0.05) is 42.4 Å². The number of hydrogen-bond donors (Lipinski definition) is 1. The van der Waals surface area contributed by atoms with Crippen LogP contribution in [0.25, 0.3) is 5.69 Å². The smallest absolute Gasteiger partial charge is 0.345 e. The summed E-state index contributed by atoms with van der Waals surface area (Å²) in [5.41, 5.74) is 2.11. The average molecular weight is 337 g/mol. The maximum atomic E-state index is 5.90. The fourth-order valence-corrected chi connectivity index (χ4v) is 2.26. The van der Waals surface area contributed by atoms with Crippen LogP contribution in [0.4, 0.5) is 0 Å². The van der Waals surface area contributed by atoms with E-state index in [2.05, 4.69) is 47.7 Å². The number of nitrogens with one attached hydrogen (secondary N) is 1. The Morgan fingerprint density at radius 2 is 1.88 bits per heavy atom. The number of nitrogens with zero attached hydrogens (tertiary/aromatic N) is 4. The molecule has 0 bridgehead atoms. The van der Waals surface area contributed by atoms with Gasteiger partial charge in [0, 0.05) is 12.1 Å². The Labute approximate surface area is 147 Å². The number of para-hydroxylation sites is 1. The Kier molecular flexibility index (Phi) is 5.09. The van der Waals surface area contributed by atoms with Crippen LogP contribution in [-0.4, -0.2) is 25.7 Å². The molecule has 0 aliphatic carbocycles. The van der Waals surface area contributed by atoms with Crippen molar-refractivity contribution in [3.63, 3.8) is 0 Å². The van der Waals surface area contributed by atoms with Gasteiger partial charge in [-0.15, -0.1) is 0 Å². The molecule has 0 amide bonds. The van der Waals surface area contributed by atoms with E-state index in [9.17, 15) is 0 Å². The van der Waals surface area contributed by atoms with Gasteiger partial charge < -0.3 is 10.1 Å². The predicted molar refractivity (Wildman–Crippen MR) is 96.9 cm³/mol. The second-order valence-electron chi connectivity index (χ2n) is 6.55. The predicted octanol–water partition coefficient (Wildman–Crippen LogP) is 3.73. The second kappa shape index (κ2) is 7.44. The Morgan fingerprint density at radius 1 is 1.08 bits per heavy atom. The van der Waals surface area contributed by atoms with Gasteiger partial charge >= 0.3 is 6.01 Å². The Bertz CT molecular complexity index is 813. The highest BCUT2D eigenvalue weighted by molar-refractivity contribution is 5.34. The molecule has 6 nitrogen and oxygen atoms in total. The summed E-state index contributed by atoms with van der Waals surface area (Å²) >= 11 is 0. The maximum Gasteiger partial charge on any atom is 0.345 e. The van der Waals surface area contributed by atoms with E-state index in [0.717, 1.165) is 24.2 Å². The molecule has 1 aromatic heterocycles. The first-order valence-electron chi connectivity index (χ1n) is 8.43. The Balaban J connectivity index is 1.74. The largest absolute Gasteiger partial charge is 0.423 e. The molecule has 0 aliphatic rings. The monoisotopic (exact) mass is 337 g/mol. The lowest BCUT2D eigenvalue weighted by molar-refractivity contribution is 0.373. The van der Waals surface area contributed by atoms with Gasteiger partial charge in [0.05, 0.1) is 5.69 Å². The van der Waals surface area contributed by atoms with Gasteiger partial charge in [-0.05, 0) is 60.5 Å². The zero-order valence-corrected chi connectivity index (χ0v) is 14.8. The van der Waals surface area contributed by atoms with E-state index in [4.69, 9.17) is 4.74 Å². The Morgan fingerprint density at radius 3 is 2.64 bits per heavy atom. The first kappa shape index (κ1) is 17.1. The summed E-state index contributed by atoms with van der Waals surface area (Å²) in [4.78, 5) is 0. The molecule has 0 saturated carbocycles. The highest BCUT2D eigenvalue weighted by Crippen LogP contribution is 2.22. The normalized spacial score (nSPS) is 11.5. The summed E-state index contributed by atoms with van der Waals surface area (Å²) in [6.45, 7) is 7.35. The first-order valence-corrected chi connectivity index (χ1v) is 8.43. The third-order valence-electron chi connectivity index (χ3n) is 4.20. The van der Waals surface area contributed by atoms with Crippen LogP contribution in [-0.2, 0) is 6.54 Å². The summed E-state index contributed by atoms with van der Waals surface area (Å²) in [6, 6.07) is 18.0. The average Bonchev–Trinajstić information content (AvgIpc) is 3.09. The fraction of sp³-hybridized carbons (Fsp3) is 0.316. The number of hydrogen-bond acceptors (Lipinski definition) is 5. The highest BCUT2D eigenvalue weighted by Gasteiger charge is 2.14. The minimum atomic E-state index is 0.105. The lowest BCUT2D eigenvalue weighted by Crippen LogP contribution is -2.37. The molecule has 3 rings (SSSR count). The number of benzene rings is 2. The van der Waals surface area contributed by atoms with Crippen LogP contribution in [0.5, 0.6) is 11.8 Å². The number of aromatic nitrogens is 4. The molecular formula is C19H23N5O. The van der Waals surface area contributed by atoms with Gasteiger partial charge in [-0.3, -0.25) is 0 Å². The standard InChI is InChI=1S/C19H23N5O/c1-4-19(2,3)20-14-15-9-8-12-17(13-15)25-18-21-22-23-24(18)16-10-6-5-7-11-16/h5-13,20H,4,14H2,1-3H3. The molecule has 130 valence electrons. The van der Waals surface area contributed by atoms with Crippen LogP contribution in [0.15, 0.2) is 54.6 Å². The molecule has 0 aliphatic heterocycles. The van der Waals surface area contributed by atoms with Crippen molar-refractivity contribution in [1.29, 1.82) is 0 Å². The molecule has 0 fully saturated rings. The molecule has 0 atom stereocenters. The second-order valence-corrected chi connectivity index (χ2v) is 6.55. The SMILES string of the molecule is CCC(C)(C)NCc1cccc(Oc2nnnn2-c2ccccc2)c1. The fourth-order valence-electron chi connectivity index (χ4n) is 2.26. The topological polar surface area (TPSA) is 64.9 Å². The highest BCUT2D eigenvalue weighted by atomic mass is 16.5. The van der Waals surface area contributed by atoms with Crippen molar-refractivity contribution in [2.75, 3.05) is 0 Å². The van der Waals surface area contributed by atoms with E-state index in [0.29, 0.717) is 11.8 Å². The third kappa shape index (κ3) is 4.42. The Hall–Kier alpha value is -2.73. The van der Waals surface area contributed by atoms with Crippen molar-refractivity contribution in [3.8, 4) is 17.4 Å². The van der Waals surface area contributed by atoms with Crippen LogP contribution in [0.3, 0.4) is 0 Å². The van der Waals surface area contributed by atoms with E-state index in [1.54, 1.807) is 4.68 Å². The van der Waals surface area contributed by atoms with E-state index >= 15 is 0 Å². The third-order valence-corrected chi connectivity index (χ3v) is 4.20. The zero-order chi connectivity index (χ0) is 17.7. The number of ether oxygens (including phenoxy) is 1. The van der Waals surface area contributed by atoms with E-state index in [-0.39, 0.29) is 5.54 Å². The summed E-state index contributed by atoms with van der Waals surface area (Å²) in [6.07, 6.45) is 1.06. The van der Waals surface area contributed by atoms with Crippen molar-refractivity contribution in [2.45, 2.75) is 39.3 Å². The molecule has 0 spiro atoms. The van der Waals surface area contributed by atoms with Crippen LogP contribution < -0.4 is 10.1 Å². The van der Waals surface area contributed by atoms with Gasteiger partial charge in [-0.2, -0.15) is 4.68 Å².